The number of aromatic nitrogens is 1. The van der Waals surface area contributed by atoms with Crippen molar-refractivity contribution in [2.24, 2.45) is 5.41 Å². The van der Waals surface area contributed by atoms with Gasteiger partial charge in [0, 0.05) is 24.7 Å². The van der Waals surface area contributed by atoms with Crippen molar-refractivity contribution in [3.8, 4) is 0 Å². The predicted octanol–water partition coefficient (Wildman–Crippen LogP) is 3.43. The second kappa shape index (κ2) is 6.54. The minimum absolute atomic E-state index is 0.0886. The molecule has 0 amide bonds. The van der Waals surface area contributed by atoms with Crippen molar-refractivity contribution in [3.63, 3.8) is 0 Å². The normalized spacial score (nSPS) is 15.1. The van der Waals surface area contributed by atoms with Gasteiger partial charge in [-0.1, -0.05) is 39.0 Å². The van der Waals surface area contributed by atoms with Gasteiger partial charge in [0.05, 0.1) is 11.6 Å². The van der Waals surface area contributed by atoms with E-state index >= 15 is 0 Å². The Kier molecular flexibility index (Phi) is 4.96. The van der Waals surface area contributed by atoms with Crippen LogP contribution in [0.4, 0.5) is 0 Å². The Morgan fingerprint density at radius 3 is 2.52 bits per heavy atom. The fraction of sp³-hybridized carbons (Fsp3) is 0.500. The van der Waals surface area contributed by atoms with E-state index < -0.39 is 0 Å². The van der Waals surface area contributed by atoms with Crippen LogP contribution in [0, 0.1) is 5.41 Å². The van der Waals surface area contributed by atoms with Crippen molar-refractivity contribution in [3.05, 3.63) is 42.1 Å². The molecule has 0 saturated heterocycles. The lowest BCUT2D eigenvalue weighted by molar-refractivity contribution is -0.00914. The second-order valence-corrected chi connectivity index (χ2v) is 6.61. The van der Waals surface area contributed by atoms with E-state index in [-0.39, 0.29) is 17.6 Å². The molecular formula is C18H26N2O. The van der Waals surface area contributed by atoms with E-state index in [1.54, 1.807) is 7.11 Å². The van der Waals surface area contributed by atoms with Gasteiger partial charge in [0.1, 0.15) is 0 Å². The molecule has 0 aliphatic carbocycles. The zero-order valence-corrected chi connectivity index (χ0v) is 13.7. The summed E-state index contributed by atoms with van der Waals surface area (Å²) in [7, 11) is 3.80. The summed E-state index contributed by atoms with van der Waals surface area (Å²) in [6.45, 7) is 6.66. The lowest BCUT2D eigenvalue weighted by Crippen LogP contribution is -2.47. The van der Waals surface area contributed by atoms with Crippen molar-refractivity contribution in [2.45, 2.75) is 39.3 Å². The fourth-order valence-corrected chi connectivity index (χ4v) is 3.05. The zero-order valence-electron chi connectivity index (χ0n) is 13.7. The number of nitrogens with one attached hydrogen (secondary N) is 1. The van der Waals surface area contributed by atoms with Gasteiger partial charge >= 0.3 is 0 Å². The van der Waals surface area contributed by atoms with Crippen LogP contribution >= 0.6 is 0 Å². The molecule has 3 heteroatoms. The van der Waals surface area contributed by atoms with Gasteiger partial charge in [0.15, 0.2) is 0 Å². The average Bonchev–Trinajstić information content (AvgIpc) is 2.45. The van der Waals surface area contributed by atoms with Crippen LogP contribution in [-0.4, -0.2) is 31.3 Å². The van der Waals surface area contributed by atoms with Crippen LogP contribution in [0.3, 0.4) is 0 Å². The van der Waals surface area contributed by atoms with Crippen LogP contribution in [0.5, 0.6) is 0 Å². The van der Waals surface area contributed by atoms with E-state index in [1.165, 1.54) is 10.9 Å². The largest absolute Gasteiger partial charge is 0.379 e. The van der Waals surface area contributed by atoms with Crippen LogP contribution in [0.15, 0.2) is 36.5 Å². The molecule has 0 aliphatic rings. The van der Waals surface area contributed by atoms with Gasteiger partial charge in [-0.15, -0.1) is 0 Å². The maximum absolute atomic E-state index is 5.77. The lowest BCUT2D eigenvalue weighted by Gasteiger charge is -2.36. The highest BCUT2D eigenvalue weighted by atomic mass is 16.5. The number of hydrogen-bond donors (Lipinski definition) is 1. The summed E-state index contributed by atoms with van der Waals surface area (Å²) >= 11 is 0. The van der Waals surface area contributed by atoms with Crippen molar-refractivity contribution in [2.75, 3.05) is 14.2 Å². The summed E-state index contributed by atoms with van der Waals surface area (Å²) in [5.41, 5.74) is 2.45. The molecule has 114 valence electrons. The van der Waals surface area contributed by atoms with Gasteiger partial charge in [0.2, 0.25) is 0 Å². The van der Waals surface area contributed by atoms with E-state index in [1.807, 2.05) is 19.3 Å². The molecule has 1 heterocycles. The van der Waals surface area contributed by atoms with E-state index in [9.17, 15) is 0 Å². The number of rotatable bonds is 5. The lowest BCUT2D eigenvalue weighted by atomic mass is 9.82. The summed E-state index contributed by atoms with van der Waals surface area (Å²) < 4.78 is 5.77. The van der Waals surface area contributed by atoms with E-state index in [0.29, 0.717) is 0 Å². The molecule has 0 radical (unpaired) electrons. The Morgan fingerprint density at radius 2 is 1.90 bits per heavy atom. The summed E-state index contributed by atoms with van der Waals surface area (Å²) in [5, 5.41) is 4.65. The summed E-state index contributed by atoms with van der Waals surface area (Å²) in [6.07, 6.45) is 2.97. The third kappa shape index (κ3) is 3.60. The topological polar surface area (TPSA) is 34.2 Å². The Bertz CT molecular complexity index is 584. The molecule has 2 atom stereocenters. The quantitative estimate of drug-likeness (QED) is 0.914. The highest BCUT2D eigenvalue weighted by molar-refractivity contribution is 5.81. The van der Waals surface area contributed by atoms with Gasteiger partial charge in [-0.05, 0) is 36.6 Å². The number of fused-ring (bicyclic) bond motifs is 1. The first-order valence-corrected chi connectivity index (χ1v) is 7.50. The highest BCUT2D eigenvalue weighted by Gasteiger charge is 2.31. The number of nitrogens with zero attached hydrogens (tertiary/aromatic N) is 1. The van der Waals surface area contributed by atoms with Crippen molar-refractivity contribution >= 4 is 10.9 Å². The summed E-state index contributed by atoms with van der Waals surface area (Å²) in [5.74, 6) is 0. The molecule has 21 heavy (non-hydrogen) atoms. The first-order chi connectivity index (χ1) is 9.97. The number of likely N-dealkylation sites (N-methyl/N-ethyl adjacent to an activating group) is 1. The van der Waals surface area contributed by atoms with Crippen LogP contribution in [0.2, 0.25) is 0 Å². The van der Waals surface area contributed by atoms with Crippen molar-refractivity contribution in [1.29, 1.82) is 0 Å². The second-order valence-electron chi connectivity index (χ2n) is 6.61. The van der Waals surface area contributed by atoms with Gasteiger partial charge in [-0.25, -0.2) is 0 Å². The number of methoxy groups -OCH3 is 1. The molecule has 0 fully saturated rings. The number of hydrogen-bond acceptors (Lipinski definition) is 3. The maximum Gasteiger partial charge on any atom is 0.0775 e. The van der Waals surface area contributed by atoms with Gasteiger partial charge in [0.25, 0.3) is 0 Å². The zero-order chi connectivity index (χ0) is 15.5. The third-order valence-corrected chi connectivity index (χ3v) is 4.02. The van der Waals surface area contributed by atoms with Crippen LogP contribution in [0.25, 0.3) is 10.9 Å². The average molecular weight is 286 g/mol. The Labute approximate surface area is 127 Å². The molecule has 2 unspecified atom stereocenters. The van der Waals surface area contributed by atoms with Crippen molar-refractivity contribution in [1.82, 2.24) is 10.3 Å². The highest BCUT2D eigenvalue weighted by Crippen LogP contribution is 2.27. The van der Waals surface area contributed by atoms with Crippen LogP contribution < -0.4 is 5.32 Å². The summed E-state index contributed by atoms with van der Waals surface area (Å²) in [4.78, 5) is 4.44. The van der Waals surface area contributed by atoms with Crippen molar-refractivity contribution < 1.29 is 4.74 Å². The number of pyridine rings is 1. The summed E-state index contributed by atoms with van der Waals surface area (Å²) in [6, 6.07) is 10.7. The van der Waals surface area contributed by atoms with Crippen LogP contribution in [-0.2, 0) is 11.2 Å². The minimum Gasteiger partial charge on any atom is -0.379 e. The molecule has 0 spiro atoms. The number of para-hydroxylation sites is 1. The standard InChI is InChI=1S/C18H26N2O/c1-18(2,3)17(21-5)16(19-4)12-13-10-11-20-15-9-7-6-8-14(13)15/h6-11,16-17,19H,12H2,1-5H3. The third-order valence-electron chi connectivity index (χ3n) is 4.02. The van der Waals surface area contributed by atoms with Gasteiger partial charge in [-0.3, -0.25) is 4.98 Å². The first-order valence-electron chi connectivity index (χ1n) is 7.50. The molecule has 1 N–H and O–H groups in total. The molecule has 3 nitrogen and oxygen atoms in total. The molecule has 1 aromatic carbocycles. The fourth-order valence-electron chi connectivity index (χ4n) is 3.05. The predicted molar refractivity (Wildman–Crippen MR) is 88.5 cm³/mol. The minimum atomic E-state index is 0.0886. The molecule has 1 aromatic heterocycles. The number of ether oxygens (including phenoxy) is 1. The Morgan fingerprint density at radius 1 is 1.19 bits per heavy atom. The van der Waals surface area contributed by atoms with Gasteiger partial charge < -0.3 is 10.1 Å². The molecule has 0 saturated carbocycles. The number of benzene rings is 1. The molecule has 0 aliphatic heterocycles. The van der Waals surface area contributed by atoms with E-state index in [2.05, 4.69) is 55.3 Å². The Hall–Kier alpha value is -1.45. The SMILES string of the molecule is CNC(Cc1ccnc2ccccc12)C(OC)C(C)(C)C. The monoisotopic (exact) mass is 286 g/mol. The van der Waals surface area contributed by atoms with Gasteiger partial charge in [-0.2, -0.15) is 0 Å². The molecule has 0 bridgehead atoms. The smallest absolute Gasteiger partial charge is 0.0775 e. The van der Waals surface area contributed by atoms with Crippen LogP contribution in [0.1, 0.15) is 26.3 Å². The first kappa shape index (κ1) is 15.9. The molecule has 2 aromatic rings. The molecular weight excluding hydrogens is 260 g/mol. The maximum atomic E-state index is 5.77. The Balaban J connectivity index is 2.33. The van der Waals surface area contributed by atoms with E-state index in [0.717, 1.165) is 11.9 Å². The molecule has 2 rings (SSSR count). The van der Waals surface area contributed by atoms with E-state index in [4.69, 9.17) is 4.74 Å².